The van der Waals surface area contributed by atoms with Crippen molar-refractivity contribution in [1.82, 2.24) is 14.8 Å². The van der Waals surface area contributed by atoms with Gasteiger partial charge in [0.25, 0.3) is 0 Å². The Bertz CT molecular complexity index is 506. The summed E-state index contributed by atoms with van der Waals surface area (Å²) in [6, 6.07) is 5.46. The van der Waals surface area contributed by atoms with Gasteiger partial charge in [-0.1, -0.05) is 5.16 Å². The number of aromatic nitrogens is 3. The van der Waals surface area contributed by atoms with Crippen molar-refractivity contribution < 1.29 is 4.84 Å². The lowest BCUT2D eigenvalue weighted by Crippen LogP contribution is -2.14. The van der Waals surface area contributed by atoms with E-state index in [1.54, 1.807) is 23.1 Å². The SMILES string of the molecule is Cn1ccc(CO/N=C(\N)c2cccnc2)n1. The lowest BCUT2D eigenvalue weighted by Gasteiger charge is -2.00. The first-order valence-electron chi connectivity index (χ1n) is 5.10. The Hall–Kier alpha value is -2.37. The van der Waals surface area contributed by atoms with Crippen LogP contribution >= 0.6 is 0 Å². The van der Waals surface area contributed by atoms with Gasteiger partial charge in [0.05, 0.1) is 0 Å². The van der Waals surface area contributed by atoms with Gasteiger partial charge in [0.15, 0.2) is 12.4 Å². The summed E-state index contributed by atoms with van der Waals surface area (Å²) in [4.78, 5) is 9.05. The first kappa shape index (κ1) is 11.1. The van der Waals surface area contributed by atoms with E-state index in [0.717, 1.165) is 11.3 Å². The fraction of sp³-hybridized carbons (Fsp3) is 0.182. The molecule has 6 nitrogen and oxygen atoms in total. The number of hydrogen-bond acceptors (Lipinski definition) is 4. The molecular formula is C11H13N5O. The Kier molecular flexibility index (Phi) is 3.34. The van der Waals surface area contributed by atoms with E-state index >= 15 is 0 Å². The van der Waals surface area contributed by atoms with Gasteiger partial charge in [-0.05, 0) is 18.2 Å². The predicted molar refractivity (Wildman–Crippen MR) is 63.0 cm³/mol. The Morgan fingerprint density at radius 3 is 3.06 bits per heavy atom. The minimum atomic E-state index is 0.293. The molecule has 0 saturated carbocycles. The Morgan fingerprint density at radius 2 is 2.41 bits per heavy atom. The quantitative estimate of drug-likeness (QED) is 0.476. The Balaban J connectivity index is 1.93. The summed E-state index contributed by atoms with van der Waals surface area (Å²) < 4.78 is 1.70. The van der Waals surface area contributed by atoms with Crippen LogP contribution in [0, 0.1) is 0 Å². The zero-order valence-corrected chi connectivity index (χ0v) is 9.45. The van der Waals surface area contributed by atoms with Crippen molar-refractivity contribution in [2.75, 3.05) is 0 Å². The Morgan fingerprint density at radius 1 is 1.53 bits per heavy atom. The topological polar surface area (TPSA) is 78.3 Å². The molecule has 17 heavy (non-hydrogen) atoms. The lowest BCUT2D eigenvalue weighted by molar-refractivity contribution is 0.127. The van der Waals surface area contributed by atoms with Gasteiger partial charge in [-0.3, -0.25) is 9.67 Å². The van der Waals surface area contributed by atoms with Crippen LogP contribution in [0.25, 0.3) is 0 Å². The largest absolute Gasteiger partial charge is 0.387 e. The second kappa shape index (κ2) is 5.11. The molecule has 2 N–H and O–H groups in total. The number of amidine groups is 1. The van der Waals surface area contributed by atoms with Crippen LogP contribution in [0.5, 0.6) is 0 Å². The van der Waals surface area contributed by atoms with E-state index in [1.807, 2.05) is 25.4 Å². The van der Waals surface area contributed by atoms with E-state index in [1.165, 1.54) is 0 Å². The van der Waals surface area contributed by atoms with Crippen molar-refractivity contribution in [2.24, 2.45) is 17.9 Å². The number of oxime groups is 1. The van der Waals surface area contributed by atoms with Gasteiger partial charge < -0.3 is 10.6 Å². The van der Waals surface area contributed by atoms with Gasteiger partial charge in [-0.15, -0.1) is 0 Å². The number of pyridine rings is 1. The van der Waals surface area contributed by atoms with Crippen LogP contribution in [0.15, 0.2) is 41.9 Å². The molecule has 0 aliphatic rings. The summed E-state index contributed by atoms with van der Waals surface area (Å²) in [5.41, 5.74) is 7.25. The standard InChI is InChI=1S/C11H13N5O/c1-16-6-4-10(14-16)8-17-15-11(12)9-3-2-5-13-7-9/h2-7H,8H2,1H3,(H2,12,15). The van der Waals surface area contributed by atoms with Gasteiger partial charge in [-0.2, -0.15) is 5.10 Å². The van der Waals surface area contributed by atoms with Crippen molar-refractivity contribution >= 4 is 5.84 Å². The second-order valence-electron chi connectivity index (χ2n) is 3.47. The molecule has 0 fully saturated rings. The molecule has 2 aromatic heterocycles. The van der Waals surface area contributed by atoms with Gasteiger partial charge >= 0.3 is 0 Å². The van der Waals surface area contributed by atoms with Crippen molar-refractivity contribution in [3.63, 3.8) is 0 Å². The van der Waals surface area contributed by atoms with E-state index in [4.69, 9.17) is 10.6 Å². The third-order valence-electron chi connectivity index (χ3n) is 2.10. The minimum absolute atomic E-state index is 0.293. The number of nitrogens with zero attached hydrogens (tertiary/aromatic N) is 4. The summed E-state index contributed by atoms with van der Waals surface area (Å²) in [6.45, 7) is 0.293. The maximum Gasteiger partial charge on any atom is 0.171 e. The molecule has 0 atom stereocenters. The van der Waals surface area contributed by atoms with Crippen LogP contribution in [0.4, 0.5) is 0 Å². The second-order valence-corrected chi connectivity index (χ2v) is 3.47. The molecule has 0 spiro atoms. The predicted octanol–water partition coefficient (Wildman–Crippen LogP) is 0.652. The molecule has 0 saturated heterocycles. The molecule has 0 radical (unpaired) electrons. The van der Waals surface area contributed by atoms with E-state index < -0.39 is 0 Å². The molecule has 0 aromatic carbocycles. The number of nitrogens with two attached hydrogens (primary N) is 1. The monoisotopic (exact) mass is 231 g/mol. The van der Waals surface area contributed by atoms with Gasteiger partial charge in [0.1, 0.15) is 5.69 Å². The third kappa shape index (κ3) is 3.04. The molecule has 0 aliphatic carbocycles. The summed E-state index contributed by atoms with van der Waals surface area (Å²) in [5, 5.41) is 7.95. The Labute approximate surface area is 98.7 Å². The zero-order chi connectivity index (χ0) is 12.1. The molecule has 2 aromatic rings. The summed E-state index contributed by atoms with van der Waals surface area (Å²) in [5.74, 6) is 0.300. The van der Waals surface area contributed by atoms with Crippen molar-refractivity contribution in [3.05, 3.63) is 48.0 Å². The van der Waals surface area contributed by atoms with Gasteiger partial charge in [0, 0.05) is 31.2 Å². The lowest BCUT2D eigenvalue weighted by atomic mass is 10.3. The van der Waals surface area contributed by atoms with Gasteiger partial charge in [-0.25, -0.2) is 0 Å². The van der Waals surface area contributed by atoms with Crippen molar-refractivity contribution in [1.29, 1.82) is 0 Å². The van der Waals surface area contributed by atoms with E-state index in [9.17, 15) is 0 Å². The zero-order valence-electron chi connectivity index (χ0n) is 9.45. The first-order chi connectivity index (χ1) is 8.25. The number of rotatable bonds is 4. The highest BCUT2D eigenvalue weighted by Crippen LogP contribution is 1.99. The molecular weight excluding hydrogens is 218 g/mol. The average Bonchev–Trinajstić information content (AvgIpc) is 2.76. The van der Waals surface area contributed by atoms with Crippen LogP contribution in [-0.4, -0.2) is 20.6 Å². The molecule has 0 unspecified atom stereocenters. The van der Waals surface area contributed by atoms with Gasteiger partial charge in [0.2, 0.25) is 0 Å². The molecule has 88 valence electrons. The van der Waals surface area contributed by atoms with Crippen LogP contribution in [0.3, 0.4) is 0 Å². The highest BCUT2D eigenvalue weighted by molar-refractivity contribution is 5.96. The van der Waals surface area contributed by atoms with E-state index in [0.29, 0.717) is 12.4 Å². The molecule has 0 aliphatic heterocycles. The summed E-state index contributed by atoms with van der Waals surface area (Å²) in [6.07, 6.45) is 5.14. The van der Waals surface area contributed by atoms with E-state index in [-0.39, 0.29) is 0 Å². The van der Waals surface area contributed by atoms with Crippen molar-refractivity contribution in [3.8, 4) is 0 Å². The van der Waals surface area contributed by atoms with Crippen LogP contribution in [0.1, 0.15) is 11.3 Å². The smallest absolute Gasteiger partial charge is 0.171 e. The summed E-state index contributed by atoms with van der Waals surface area (Å²) >= 11 is 0. The maximum absolute atomic E-state index is 5.72. The normalized spacial score (nSPS) is 11.5. The van der Waals surface area contributed by atoms with E-state index in [2.05, 4.69) is 15.2 Å². The first-order valence-corrected chi connectivity index (χ1v) is 5.10. The highest BCUT2D eigenvalue weighted by atomic mass is 16.6. The average molecular weight is 231 g/mol. The summed E-state index contributed by atoms with van der Waals surface area (Å²) in [7, 11) is 1.84. The number of aryl methyl sites for hydroxylation is 1. The molecule has 0 amide bonds. The van der Waals surface area contributed by atoms with Crippen LogP contribution in [-0.2, 0) is 18.5 Å². The molecule has 2 rings (SSSR count). The minimum Gasteiger partial charge on any atom is -0.387 e. The molecule has 0 bridgehead atoms. The fourth-order valence-corrected chi connectivity index (χ4v) is 1.28. The van der Waals surface area contributed by atoms with Crippen LogP contribution in [0.2, 0.25) is 0 Å². The maximum atomic E-state index is 5.72. The van der Waals surface area contributed by atoms with Crippen LogP contribution < -0.4 is 5.73 Å². The van der Waals surface area contributed by atoms with Crippen molar-refractivity contribution in [2.45, 2.75) is 6.61 Å². The number of hydrogen-bond donors (Lipinski definition) is 1. The molecule has 6 heteroatoms. The molecule has 2 heterocycles. The third-order valence-corrected chi connectivity index (χ3v) is 2.10. The fourth-order valence-electron chi connectivity index (χ4n) is 1.28. The highest BCUT2D eigenvalue weighted by Gasteiger charge is 1.99.